The quantitative estimate of drug-likeness (QED) is 0.481. The molecular formula is C12H11F3O4. The first kappa shape index (κ1) is 15.0. The van der Waals surface area contributed by atoms with E-state index < -0.39 is 29.1 Å². The second kappa shape index (κ2) is 5.73. The third kappa shape index (κ3) is 3.46. The van der Waals surface area contributed by atoms with Gasteiger partial charge in [-0.25, -0.2) is 4.79 Å². The highest BCUT2D eigenvalue weighted by molar-refractivity contribution is 6.41. The van der Waals surface area contributed by atoms with E-state index in [0.29, 0.717) is 6.07 Å². The fourth-order valence-electron chi connectivity index (χ4n) is 1.39. The summed E-state index contributed by atoms with van der Waals surface area (Å²) in [6, 6.07) is 2.72. The van der Waals surface area contributed by atoms with Gasteiger partial charge in [-0.05, 0) is 25.1 Å². The lowest BCUT2D eigenvalue weighted by molar-refractivity contribution is -0.139. The highest BCUT2D eigenvalue weighted by atomic mass is 19.4. The zero-order valence-electron chi connectivity index (χ0n) is 10.2. The third-order valence-corrected chi connectivity index (χ3v) is 2.24. The van der Waals surface area contributed by atoms with Gasteiger partial charge in [0.05, 0.1) is 19.3 Å². The van der Waals surface area contributed by atoms with E-state index in [4.69, 9.17) is 0 Å². The van der Waals surface area contributed by atoms with Gasteiger partial charge >= 0.3 is 12.1 Å². The van der Waals surface area contributed by atoms with Gasteiger partial charge in [-0.1, -0.05) is 0 Å². The van der Waals surface area contributed by atoms with Crippen molar-refractivity contribution in [3.63, 3.8) is 0 Å². The number of esters is 1. The smallest absolute Gasteiger partial charge is 0.417 e. The summed E-state index contributed by atoms with van der Waals surface area (Å²) in [5, 5.41) is 0. The van der Waals surface area contributed by atoms with Crippen molar-refractivity contribution in [1.82, 2.24) is 0 Å². The zero-order chi connectivity index (χ0) is 14.6. The summed E-state index contributed by atoms with van der Waals surface area (Å²) in [5.74, 6) is -2.72. The Morgan fingerprint density at radius 3 is 2.37 bits per heavy atom. The van der Waals surface area contributed by atoms with E-state index in [1.165, 1.54) is 20.1 Å². The predicted octanol–water partition coefficient (Wildman–Crippen LogP) is 2.46. The van der Waals surface area contributed by atoms with Crippen molar-refractivity contribution in [1.29, 1.82) is 0 Å². The number of halogens is 3. The monoisotopic (exact) mass is 276 g/mol. The van der Waals surface area contributed by atoms with Gasteiger partial charge in [0.15, 0.2) is 0 Å². The number of hydrogen-bond donors (Lipinski definition) is 0. The van der Waals surface area contributed by atoms with Crippen LogP contribution in [0.2, 0.25) is 0 Å². The maximum Gasteiger partial charge on any atom is 0.417 e. The molecule has 7 heteroatoms. The lowest BCUT2D eigenvalue weighted by Gasteiger charge is -2.12. The molecule has 0 amide bonds. The molecule has 1 aromatic carbocycles. The molecule has 0 saturated heterocycles. The molecule has 0 heterocycles. The van der Waals surface area contributed by atoms with Gasteiger partial charge in [0.1, 0.15) is 5.75 Å². The second-order valence-electron chi connectivity index (χ2n) is 3.46. The van der Waals surface area contributed by atoms with Crippen LogP contribution in [-0.4, -0.2) is 25.5 Å². The van der Waals surface area contributed by atoms with Crippen LogP contribution >= 0.6 is 0 Å². The van der Waals surface area contributed by atoms with Gasteiger partial charge in [0.25, 0.3) is 5.78 Å². The molecule has 0 aliphatic carbocycles. The molecule has 0 atom stereocenters. The summed E-state index contributed by atoms with van der Waals surface area (Å²) in [5.41, 5.74) is -1.99. The summed E-state index contributed by atoms with van der Waals surface area (Å²) >= 11 is 0. The molecule has 4 nitrogen and oxygen atoms in total. The summed E-state index contributed by atoms with van der Waals surface area (Å²) in [4.78, 5) is 22.8. The van der Waals surface area contributed by atoms with Gasteiger partial charge in [-0.15, -0.1) is 0 Å². The van der Waals surface area contributed by atoms with Crippen molar-refractivity contribution in [3.8, 4) is 5.75 Å². The van der Waals surface area contributed by atoms with Crippen molar-refractivity contribution in [2.75, 3.05) is 13.7 Å². The SMILES string of the molecule is CCOC(=O)C(=O)c1ccc(OC)cc1C(F)(F)F. The second-order valence-corrected chi connectivity index (χ2v) is 3.46. The largest absolute Gasteiger partial charge is 0.497 e. The molecule has 0 bridgehead atoms. The summed E-state index contributed by atoms with van der Waals surface area (Å²) < 4.78 is 47.5. The van der Waals surface area contributed by atoms with Crippen molar-refractivity contribution >= 4 is 11.8 Å². The Hall–Kier alpha value is -2.05. The normalized spacial score (nSPS) is 11.0. The van der Waals surface area contributed by atoms with Crippen LogP contribution < -0.4 is 4.74 Å². The Morgan fingerprint density at radius 1 is 1.26 bits per heavy atom. The number of ketones is 1. The van der Waals surface area contributed by atoms with E-state index in [1.54, 1.807) is 0 Å². The molecule has 0 aliphatic heterocycles. The van der Waals surface area contributed by atoms with E-state index in [0.717, 1.165) is 6.07 Å². The average Bonchev–Trinajstić information content (AvgIpc) is 2.36. The van der Waals surface area contributed by atoms with Crippen LogP contribution in [0.25, 0.3) is 0 Å². The maximum atomic E-state index is 12.8. The van der Waals surface area contributed by atoms with Crippen LogP contribution in [0.1, 0.15) is 22.8 Å². The van der Waals surface area contributed by atoms with E-state index >= 15 is 0 Å². The summed E-state index contributed by atoms with van der Waals surface area (Å²) in [7, 11) is 1.20. The zero-order valence-corrected chi connectivity index (χ0v) is 10.2. The number of carbonyl (C=O) groups is 2. The molecule has 19 heavy (non-hydrogen) atoms. The Bertz CT molecular complexity index is 494. The highest BCUT2D eigenvalue weighted by Crippen LogP contribution is 2.34. The molecule has 0 N–H and O–H groups in total. The molecule has 0 spiro atoms. The average molecular weight is 276 g/mol. The fraction of sp³-hybridized carbons (Fsp3) is 0.333. The Labute approximate surface area is 107 Å². The van der Waals surface area contributed by atoms with Gasteiger partial charge < -0.3 is 9.47 Å². The highest BCUT2D eigenvalue weighted by Gasteiger charge is 2.37. The minimum absolute atomic E-state index is 0.0623. The predicted molar refractivity (Wildman–Crippen MR) is 59.0 cm³/mol. The molecule has 0 unspecified atom stereocenters. The minimum atomic E-state index is -4.77. The molecule has 0 aromatic heterocycles. The van der Waals surface area contributed by atoms with Crippen molar-refractivity contribution in [3.05, 3.63) is 29.3 Å². The number of methoxy groups -OCH3 is 1. The Morgan fingerprint density at radius 2 is 1.89 bits per heavy atom. The lowest BCUT2D eigenvalue weighted by Crippen LogP contribution is -2.21. The van der Waals surface area contributed by atoms with Gasteiger partial charge in [0, 0.05) is 5.56 Å². The van der Waals surface area contributed by atoms with Crippen LogP contribution in [0.3, 0.4) is 0 Å². The first-order valence-corrected chi connectivity index (χ1v) is 5.28. The number of rotatable bonds is 4. The molecule has 0 saturated carbocycles. The number of ether oxygens (including phenoxy) is 2. The van der Waals surface area contributed by atoms with Gasteiger partial charge in [-0.3, -0.25) is 4.79 Å². The first-order valence-electron chi connectivity index (χ1n) is 5.28. The molecule has 0 fully saturated rings. The minimum Gasteiger partial charge on any atom is -0.497 e. The van der Waals surface area contributed by atoms with Crippen LogP contribution in [0.15, 0.2) is 18.2 Å². The van der Waals surface area contributed by atoms with Crippen LogP contribution in [0.4, 0.5) is 13.2 Å². The maximum absolute atomic E-state index is 12.8. The lowest BCUT2D eigenvalue weighted by atomic mass is 10.0. The number of benzene rings is 1. The van der Waals surface area contributed by atoms with Crippen molar-refractivity contribution in [2.45, 2.75) is 13.1 Å². The third-order valence-electron chi connectivity index (χ3n) is 2.24. The van der Waals surface area contributed by atoms with Crippen LogP contribution in [0, 0.1) is 0 Å². The van der Waals surface area contributed by atoms with E-state index in [-0.39, 0.29) is 12.4 Å². The van der Waals surface area contributed by atoms with Crippen molar-refractivity contribution in [2.24, 2.45) is 0 Å². The van der Waals surface area contributed by atoms with E-state index in [2.05, 4.69) is 9.47 Å². The molecular weight excluding hydrogens is 265 g/mol. The van der Waals surface area contributed by atoms with E-state index in [9.17, 15) is 22.8 Å². The Kier molecular flexibility index (Phi) is 4.52. The Balaban J connectivity index is 3.27. The molecule has 104 valence electrons. The van der Waals surface area contributed by atoms with E-state index in [1.807, 2.05) is 0 Å². The topological polar surface area (TPSA) is 52.6 Å². The molecule has 0 radical (unpaired) electrons. The summed E-state index contributed by atoms with van der Waals surface area (Å²) in [6.45, 7) is 1.35. The van der Waals surface area contributed by atoms with Gasteiger partial charge in [-0.2, -0.15) is 13.2 Å². The van der Waals surface area contributed by atoms with Crippen LogP contribution in [-0.2, 0) is 15.7 Å². The fourth-order valence-corrected chi connectivity index (χ4v) is 1.39. The molecule has 0 aliphatic rings. The van der Waals surface area contributed by atoms with Crippen LogP contribution in [0.5, 0.6) is 5.75 Å². The van der Waals surface area contributed by atoms with Gasteiger partial charge in [0.2, 0.25) is 0 Å². The number of hydrogen-bond acceptors (Lipinski definition) is 4. The standard InChI is InChI=1S/C12H11F3O4/c1-3-19-11(17)10(16)8-5-4-7(18-2)6-9(8)12(13,14)15/h4-6H,3H2,1-2H3. The number of Topliss-reactive ketones (excluding diaryl/α,β-unsaturated/α-hetero) is 1. The molecule has 1 aromatic rings. The number of carbonyl (C=O) groups excluding carboxylic acids is 2. The van der Waals surface area contributed by atoms with Crippen molar-refractivity contribution < 1.29 is 32.2 Å². The molecule has 1 rings (SSSR count). The first-order chi connectivity index (χ1) is 8.81. The summed E-state index contributed by atoms with van der Waals surface area (Å²) in [6.07, 6.45) is -4.77. The number of alkyl halides is 3.